The number of fused-ring (bicyclic) bond motifs is 3. The third kappa shape index (κ3) is 1.35. The van der Waals surface area contributed by atoms with Crippen LogP contribution in [0.5, 0.6) is 0 Å². The van der Waals surface area contributed by atoms with E-state index in [-0.39, 0.29) is 10.4 Å². The van der Waals surface area contributed by atoms with Gasteiger partial charge in [-0.05, 0) is 35.7 Å². The molecule has 3 aromatic rings. The summed E-state index contributed by atoms with van der Waals surface area (Å²) in [7, 11) is 0. The Balaban J connectivity index is 2.62. The molecule has 0 aliphatic rings. The molecule has 2 aromatic heterocycles. The van der Waals surface area contributed by atoms with Crippen LogP contribution in [0.25, 0.3) is 21.1 Å². The first kappa shape index (κ1) is 9.30. The minimum Gasteiger partial charge on any atom is -0.423 e. The molecule has 0 radical (unpaired) electrons. The first-order chi connectivity index (χ1) is 7.74. The van der Waals surface area contributed by atoms with Gasteiger partial charge in [0.05, 0.1) is 0 Å². The van der Waals surface area contributed by atoms with E-state index in [0.717, 1.165) is 26.8 Å². The second-order valence-electron chi connectivity index (χ2n) is 3.40. The summed E-state index contributed by atoms with van der Waals surface area (Å²) in [4.78, 5) is 22.4. The first-order valence-corrected chi connectivity index (χ1v) is 5.52. The average molecular weight is 230 g/mol. The predicted octanol–water partition coefficient (Wildman–Crippen LogP) is 2.37. The van der Waals surface area contributed by atoms with Crippen LogP contribution >= 0.6 is 11.3 Å². The number of benzene rings is 1. The average Bonchev–Trinajstić information content (AvgIpc) is 2.28. The van der Waals surface area contributed by atoms with Gasteiger partial charge >= 0.3 is 5.63 Å². The van der Waals surface area contributed by atoms with E-state index in [4.69, 9.17) is 4.42 Å². The molecule has 3 rings (SSSR count). The Morgan fingerprint density at radius 1 is 0.938 bits per heavy atom. The maximum Gasteiger partial charge on any atom is 0.336 e. The number of hydrogen-bond acceptors (Lipinski definition) is 4. The fourth-order valence-corrected chi connectivity index (χ4v) is 2.55. The molecule has 78 valence electrons. The zero-order valence-electron chi connectivity index (χ0n) is 8.10. The topological polar surface area (TPSA) is 47.3 Å². The molecule has 0 unspecified atom stereocenters. The van der Waals surface area contributed by atoms with Crippen molar-refractivity contribution >= 4 is 32.4 Å². The lowest BCUT2D eigenvalue weighted by molar-refractivity contribution is 0.561. The molecule has 4 heteroatoms. The van der Waals surface area contributed by atoms with E-state index >= 15 is 0 Å². The van der Waals surface area contributed by atoms with Crippen LogP contribution < -0.4 is 10.4 Å². The smallest absolute Gasteiger partial charge is 0.336 e. The number of hydrogen-bond donors (Lipinski definition) is 0. The highest BCUT2D eigenvalue weighted by molar-refractivity contribution is 7.17. The Hall–Kier alpha value is -1.94. The summed E-state index contributed by atoms with van der Waals surface area (Å²) in [6, 6.07) is 9.97. The molecular formula is C12H6O3S. The monoisotopic (exact) mass is 230 g/mol. The van der Waals surface area contributed by atoms with E-state index in [0.29, 0.717) is 5.58 Å². The van der Waals surface area contributed by atoms with Crippen LogP contribution in [0, 0.1) is 0 Å². The van der Waals surface area contributed by atoms with E-state index in [2.05, 4.69) is 0 Å². The van der Waals surface area contributed by atoms with Crippen molar-refractivity contribution in [2.24, 2.45) is 0 Å². The van der Waals surface area contributed by atoms with Gasteiger partial charge in [0.1, 0.15) is 5.58 Å². The quantitative estimate of drug-likeness (QED) is 0.440. The van der Waals surface area contributed by atoms with E-state index in [1.54, 1.807) is 18.2 Å². The summed E-state index contributed by atoms with van der Waals surface area (Å²) in [5, 5.41) is 1.78. The Morgan fingerprint density at radius 2 is 1.75 bits per heavy atom. The summed E-state index contributed by atoms with van der Waals surface area (Å²) in [5.74, 6) is 0. The standard InChI is InChI=1S/C12H6O3S/c13-10-5-3-8-9(15-10)4-1-7-2-6-11(14)16-12(7)8/h1-6H. The van der Waals surface area contributed by atoms with Crippen molar-refractivity contribution in [1.29, 1.82) is 0 Å². The molecule has 0 saturated heterocycles. The van der Waals surface area contributed by atoms with Gasteiger partial charge in [0, 0.05) is 16.2 Å². The van der Waals surface area contributed by atoms with E-state index in [1.165, 1.54) is 12.1 Å². The highest BCUT2D eigenvalue weighted by atomic mass is 32.1. The number of rotatable bonds is 0. The van der Waals surface area contributed by atoms with Gasteiger partial charge in [0.15, 0.2) is 0 Å². The maximum atomic E-state index is 11.3. The Kier molecular flexibility index (Phi) is 1.91. The van der Waals surface area contributed by atoms with Crippen molar-refractivity contribution in [3.8, 4) is 0 Å². The lowest BCUT2D eigenvalue weighted by Gasteiger charge is -1.99. The Morgan fingerprint density at radius 3 is 2.62 bits per heavy atom. The van der Waals surface area contributed by atoms with Crippen molar-refractivity contribution in [3.05, 3.63) is 56.4 Å². The minimum absolute atomic E-state index is 0.00815. The fraction of sp³-hybridized carbons (Fsp3) is 0. The maximum absolute atomic E-state index is 11.3. The molecule has 1 aromatic carbocycles. The summed E-state index contributed by atoms with van der Waals surface area (Å²) in [6.07, 6.45) is 0. The minimum atomic E-state index is -0.380. The Bertz CT molecular complexity index is 798. The molecule has 0 N–H and O–H groups in total. The third-order valence-electron chi connectivity index (χ3n) is 2.38. The van der Waals surface area contributed by atoms with Crippen molar-refractivity contribution in [2.75, 3.05) is 0 Å². The lowest BCUT2D eigenvalue weighted by Crippen LogP contribution is -1.95. The van der Waals surface area contributed by atoms with E-state index in [1.807, 2.05) is 6.07 Å². The van der Waals surface area contributed by atoms with E-state index in [9.17, 15) is 9.59 Å². The predicted molar refractivity (Wildman–Crippen MR) is 64.1 cm³/mol. The van der Waals surface area contributed by atoms with Crippen LogP contribution in [0.1, 0.15) is 0 Å². The van der Waals surface area contributed by atoms with Crippen LogP contribution in [-0.2, 0) is 0 Å². The summed E-state index contributed by atoms with van der Waals surface area (Å²) < 4.78 is 5.91. The van der Waals surface area contributed by atoms with Gasteiger partial charge in [-0.1, -0.05) is 11.3 Å². The largest absolute Gasteiger partial charge is 0.423 e. The molecule has 3 nitrogen and oxygen atoms in total. The van der Waals surface area contributed by atoms with Gasteiger partial charge in [-0.15, -0.1) is 0 Å². The Labute approximate surface area is 93.6 Å². The second kappa shape index (κ2) is 3.28. The van der Waals surface area contributed by atoms with Crippen LogP contribution in [0.3, 0.4) is 0 Å². The van der Waals surface area contributed by atoms with Crippen LogP contribution in [0.15, 0.2) is 50.4 Å². The van der Waals surface area contributed by atoms with Crippen molar-refractivity contribution < 1.29 is 4.42 Å². The molecule has 0 atom stereocenters. The van der Waals surface area contributed by atoms with Gasteiger partial charge in [-0.2, -0.15) is 0 Å². The second-order valence-corrected chi connectivity index (χ2v) is 4.42. The van der Waals surface area contributed by atoms with Crippen molar-refractivity contribution in [2.45, 2.75) is 0 Å². The lowest BCUT2D eigenvalue weighted by atomic mass is 10.2. The fourth-order valence-electron chi connectivity index (χ4n) is 1.68. The van der Waals surface area contributed by atoms with Crippen LogP contribution in [-0.4, -0.2) is 0 Å². The van der Waals surface area contributed by atoms with Crippen molar-refractivity contribution in [1.82, 2.24) is 0 Å². The molecule has 0 saturated carbocycles. The van der Waals surface area contributed by atoms with Crippen LogP contribution in [0.2, 0.25) is 0 Å². The molecule has 0 aliphatic heterocycles. The normalized spacial score (nSPS) is 11.0. The summed E-state index contributed by atoms with van der Waals surface area (Å²) in [6.45, 7) is 0. The van der Waals surface area contributed by atoms with Gasteiger partial charge in [-0.25, -0.2) is 4.79 Å². The van der Waals surface area contributed by atoms with Crippen LogP contribution in [0.4, 0.5) is 0 Å². The molecule has 0 amide bonds. The molecular weight excluding hydrogens is 224 g/mol. The first-order valence-electron chi connectivity index (χ1n) is 4.71. The van der Waals surface area contributed by atoms with E-state index < -0.39 is 0 Å². The zero-order valence-corrected chi connectivity index (χ0v) is 8.91. The highest BCUT2D eigenvalue weighted by Crippen LogP contribution is 2.25. The van der Waals surface area contributed by atoms with Gasteiger partial charge in [-0.3, -0.25) is 4.79 Å². The SMILES string of the molecule is O=c1ccc2c(ccc3ccc(=O)sc32)o1. The van der Waals surface area contributed by atoms with Gasteiger partial charge < -0.3 is 4.42 Å². The molecule has 0 fully saturated rings. The molecule has 0 spiro atoms. The molecule has 16 heavy (non-hydrogen) atoms. The zero-order chi connectivity index (χ0) is 11.1. The van der Waals surface area contributed by atoms with Gasteiger partial charge in [0.2, 0.25) is 4.74 Å². The summed E-state index contributed by atoms with van der Waals surface area (Å²) >= 11 is 1.16. The molecule has 0 bridgehead atoms. The van der Waals surface area contributed by atoms with Gasteiger partial charge in [0.25, 0.3) is 0 Å². The third-order valence-corrected chi connectivity index (χ3v) is 3.38. The highest BCUT2D eigenvalue weighted by Gasteiger charge is 2.03. The molecule has 0 aliphatic carbocycles. The van der Waals surface area contributed by atoms with Crippen molar-refractivity contribution in [3.63, 3.8) is 0 Å². The molecule has 2 heterocycles. The summed E-state index contributed by atoms with van der Waals surface area (Å²) in [5.41, 5.74) is 0.136.